The zero-order valence-electron chi connectivity index (χ0n) is 19.9. The van der Waals surface area contributed by atoms with Gasteiger partial charge in [0.05, 0.1) is 0 Å². The molecule has 34 heavy (non-hydrogen) atoms. The van der Waals surface area contributed by atoms with Crippen molar-refractivity contribution in [2.24, 2.45) is 4.99 Å². The quantitative estimate of drug-likeness (QED) is 0.222. The maximum atomic E-state index is 5.89. The molecule has 0 saturated carbocycles. The number of nitrogens with zero attached hydrogens (tertiary/aromatic N) is 5. The predicted octanol–water partition coefficient (Wildman–Crippen LogP) is 3.42. The number of nitrogens with one attached hydrogen (secondary N) is 2. The van der Waals surface area contributed by atoms with Crippen LogP contribution in [0.3, 0.4) is 0 Å². The minimum atomic E-state index is 0.105. The van der Waals surface area contributed by atoms with E-state index in [0.29, 0.717) is 30.9 Å². The SMILES string of the molecule is CCNC(=NCCCN(C)C)OCc1nc(N)nc(Nc2ccc(Oc3ccccc3)cc2)n1. The van der Waals surface area contributed by atoms with E-state index < -0.39 is 0 Å². The second-order valence-corrected chi connectivity index (χ2v) is 7.66. The highest BCUT2D eigenvalue weighted by atomic mass is 16.5. The lowest BCUT2D eigenvalue weighted by atomic mass is 10.3. The number of hydrogen-bond donors (Lipinski definition) is 3. The number of hydrogen-bond acceptors (Lipinski definition) is 9. The van der Waals surface area contributed by atoms with Crippen molar-refractivity contribution in [1.82, 2.24) is 25.2 Å². The molecule has 0 atom stereocenters. The third kappa shape index (κ3) is 8.55. The molecule has 2 aromatic carbocycles. The average molecular weight is 465 g/mol. The Bertz CT molecular complexity index is 1040. The predicted molar refractivity (Wildman–Crippen MR) is 134 cm³/mol. The summed E-state index contributed by atoms with van der Waals surface area (Å²) in [4.78, 5) is 19.3. The first-order chi connectivity index (χ1) is 16.5. The molecule has 0 fully saturated rings. The van der Waals surface area contributed by atoms with Gasteiger partial charge in [0.25, 0.3) is 6.02 Å². The molecule has 0 spiro atoms. The van der Waals surface area contributed by atoms with E-state index in [1.54, 1.807) is 0 Å². The first-order valence-electron chi connectivity index (χ1n) is 11.2. The van der Waals surface area contributed by atoms with Gasteiger partial charge in [-0.1, -0.05) is 18.2 Å². The van der Waals surface area contributed by atoms with Crippen molar-refractivity contribution in [2.45, 2.75) is 20.0 Å². The van der Waals surface area contributed by atoms with Gasteiger partial charge in [-0.25, -0.2) is 4.99 Å². The van der Waals surface area contributed by atoms with Gasteiger partial charge in [0.1, 0.15) is 11.5 Å². The number of rotatable bonds is 11. The summed E-state index contributed by atoms with van der Waals surface area (Å²) in [7, 11) is 4.07. The number of aliphatic imine (C=N–C) groups is 1. The van der Waals surface area contributed by atoms with Crippen molar-refractivity contribution >= 4 is 23.6 Å². The van der Waals surface area contributed by atoms with E-state index in [2.05, 4.69) is 35.5 Å². The summed E-state index contributed by atoms with van der Waals surface area (Å²) in [6, 6.07) is 17.5. The second kappa shape index (κ2) is 12.9. The van der Waals surface area contributed by atoms with Crippen LogP contribution < -0.4 is 21.1 Å². The number of para-hydroxylation sites is 1. The summed E-state index contributed by atoms with van der Waals surface area (Å²) in [5, 5.41) is 6.25. The van der Waals surface area contributed by atoms with Crippen LogP contribution in [0.5, 0.6) is 11.5 Å². The molecule has 0 aliphatic rings. The van der Waals surface area contributed by atoms with E-state index in [0.717, 1.165) is 30.2 Å². The van der Waals surface area contributed by atoms with E-state index in [1.807, 2.05) is 75.6 Å². The second-order valence-electron chi connectivity index (χ2n) is 7.66. The summed E-state index contributed by atoms with van der Waals surface area (Å²) < 4.78 is 11.6. The Morgan fingerprint density at radius 3 is 2.44 bits per heavy atom. The number of amidine groups is 1. The molecule has 0 aliphatic carbocycles. The van der Waals surface area contributed by atoms with Crippen LogP contribution in [0, 0.1) is 0 Å². The number of benzene rings is 2. The maximum absolute atomic E-state index is 5.89. The molecule has 4 N–H and O–H groups in total. The molecule has 0 saturated heterocycles. The van der Waals surface area contributed by atoms with Crippen molar-refractivity contribution in [3.05, 3.63) is 60.4 Å². The van der Waals surface area contributed by atoms with Crippen LogP contribution in [0.4, 0.5) is 17.6 Å². The van der Waals surface area contributed by atoms with Crippen molar-refractivity contribution in [1.29, 1.82) is 0 Å². The fourth-order valence-electron chi connectivity index (χ4n) is 2.92. The molecule has 10 heteroatoms. The Labute approximate surface area is 200 Å². The number of nitrogen functional groups attached to an aromatic ring is 1. The molecule has 10 nitrogen and oxygen atoms in total. The Morgan fingerprint density at radius 2 is 1.74 bits per heavy atom. The van der Waals surface area contributed by atoms with Crippen LogP contribution in [0.1, 0.15) is 19.2 Å². The lowest BCUT2D eigenvalue weighted by molar-refractivity contribution is 0.266. The van der Waals surface area contributed by atoms with E-state index in [4.69, 9.17) is 15.2 Å². The number of aromatic nitrogens is 3. The van der Waals surface area contributed by atoms with Gasteiger partial charge in [-0.2, -0.15) is 15.0 Å². The average Bonchev–Trinajstić information content (AvgIpc) is 2.81. The highest BCUT2D eigenvalue weighted by Crippen LogP contribution is 2.23. The van der Waals surface area contributed by atoms with Gasteiger partial charge < -0.3 is 30.7 Å². The fourth-order valence-corrected chi connectivity index (χ4v) is 2.92. The van der Waals surface area contributed by atoms with Gasteiger partial charge >= 0.3 is 0 Å². The number of nitrogens with two attached hydrogens (primary N) is 1. The molecule has 3 aromatic rings. The summed E-state index contributed by atoms with van der Waals surface area (Å²) in [5.74, 6) is 2.33. The topological polar surface area (TPSA) is 123 Å². The van der Waals surface area contributed by atoms with Gasteiger partial charge in [-0.15, -0.1) is 0 Å². The standard InChI is InChI=1S/C24H32N8O2/c1-4-26-24(27-15-8-16-32(2)3)33-17-21-29-22(25)31-23(30-21)28-18-11-13-20(14-12-18)34-19-9-6-5-7-10-19/h5-7,9-14H,4,8,15-17H2,1-3H3,(H,26,27)(H3,25,28,29,30,31). The Kier molecular flexibility index (Phi) is 9.41. The summed E-state index contributed by atoms with van der Waals surface area (Å²) >= 11 is 0. The normalized spacial score (nSPS) is 11.4. The van der Waals surface area contributed by atoms with Crippen LogP contribution in [0.25, 0.3) is 0 Å². The molecular formula is C24H32N8O2. The Hall–Kier alpha value is -3.92. The zero-order valence-corrected chi connectivity index (χ0v) is 19.9. The molecule has 3 rings (SSSR count). The molecule has 1 heterocycles. The largest absolute Gasteiger partial charge is 0.457 e. The van der Waals surface area contributed by atoms with Gasteiger partial charge in [-0.3, -0.25) is 0 Å². The molecule has 180 valence electrons. The van der Waals surface area contributed by atoms with Crippen molar-refractivity contribution < 1.29 is 9.47 Å². The molecule has 0 radical (unpaired) electrons. The minimum absolute atomic E-state index is 0.105. The van der Waals surface area contributed by atoms with E-state index in [1.165, 1.54) is 0 Å². The summed E-state index contributed by atoms with van der Waals surface area (Å²) in [5.41, 5.74) is 6.67. The molecule has 0 aliphatic heterocycles. The van der Waals surface area contributed by atoms with Gasteiger partial charge in [0.15, 0.2) is 12.4 Å². The molecule has 0 unspecified atom stereocenters. The van der Waals surface area contributed by atoms with Crippen LogP contribution in [0.15, 0.2) is 59.6 Å². The van der Waals surface area contributed by atoms with Gasteiger partial charge in [0.2, 0.25) is 11.9 Å². The number of anilines is 3. The first-order valence-corrected chi connectivity index (χ1v) is 11.2. The third-order valence-electron chi connectivity index (χ3n) is 4.47. The molecule has 1 aromatic heterocycles. The summed E-state index contributed by atoms with van der Waals surface area (Å²) in [6.45, 7) is 4.42. The highest BCUT2D eigenvalue weighted by Gasteiger charge is 2.08. The van der Waals surface area contributed by atoms with Crippen molar-refractivity contribution in [3.63, 3.8) is 0 Å². The van der Waals surface area contributed by atoms with Crippen molar-refractivity contribution in [3.8, 4) is 11.5 Å². The minimum Gasteiger partial charge on any atom is -0.457 e. The number of ether oxygens (including phenoxy) is 2. The Morgan fingerprint density at radius 1 is 1.00 bits per heavy atom. The van der Waals surface area contributed by atoms with Gasteiger partial charge in [0, 0.05) is 18.8 Å². The molecular weight excluding hydrogens is 432 g/mol. The smallest absolute Gasteiger partial charge is 0.285 e. The first kappa shape index (κ1) is 24.7. The zero-order chi connectivity index (χ0) is 24.2. The van der Waals surface area contributed by atoms with Crippen LogP contribution >= 0.6 is 0 Å². The van der Waals surface area contributed by atoms with E-state index in [9.17, 15) is 0 Å². The lowest BCUT2D eigenvalue weighted by Crippen LogP contribution is -2.27. The third-order valence-corrected chi connectivity index (χ3v) is 4.47. The van der Waals surface area contributed by atoms with Crippen molar-refractivity contribution in [2.75, 3.05) is 44.8 Å². The highest BCUT2D eigenvalue weighted by molar-refractivity contribution is 5.73. The lowest BCUT2D eigenvalue weighted by Gasteiger charge is -2.12. The van der Waals surface area contributed by atoms with Crippen LogP contribution in [0.2, 0.25) is 0 Å². The maximum Gasteiger partial charge on any atom is 0.285 e. The van der Waals surface area contributed by atoms with Gasteiger partial charge in [-0.05, 0) is 70.4 Å². The fraction of sp³-hybridized carbons (Fsp3) is 0.333. The summed E-state index contributed by atoms with van der Waals surface area (Å²) in [6.07, 6.45) is 0.938. The molecule has 0 amide bonds. The van der Waals surface area contributed by atoms with Crippen LogP contribution in [-0.2, 0) is 11.3 Å². The Balaban J connectivity index is 1.59. The van der Waals surface area contributed by atoms with E-state index >= 15 is 0 Å². The van der Waals surface area contributed by atoms with Crippen LogP contribution in [-0.4, -0.2) is 59.6 Å². The monoisotopic (exact) mass is 464 g/mol. The molecule has 0 bridgehead atoms. The van der Waals surface area contributed by atoms with E-state index in [-0.39, 0.29) is 12.6 Å².